The molecule has 1 aromatic rings. The summed E-state index contributed by atoms with van der Waals surface area (Å²) < 4.78 is 32.0. The van der Waals surface area contributed by atoms with E-state index < -0.39 is 24.7 Å². The molecule has 6 nitrogen and oxygen atoms in total. The van der Waals surface area contributed by atoms with Crippen molar-refractivity contribution in [3.8, 4) is 0 Å². The van der Waals surface area contributed by atoms with E-state index in [1.54, 1.807) is 17.0 Å². The van der Waals surface area contributed by atoms with Crippen molar-refractivity contribution in [2.45, 2.75) is 13.0 Å². The van der Waals surface area contributed by atoms with E-state index in [1.807, 2.05) is 0 Å². The Morgan fingerprint density at radius 3 is 2.75 bits per heavy atom. The van der Waals surface area contributed by atoms with E-state index in [1.165, 1.54) is 17.9 Å². The first-order chi connectivity index (χ1) is 11.5. The van der Waals surface area contributed by atoms with Gasteiger partial charge >= 0.3 is 6.09 Å². The summed E-state index contributed by atoms with van der Waals surface area (Å²) in [5.74, 6) is -0.698. The van der Waals surface area contributed by atoms with Gasteiger partial charge in [0.2, 0.25) is 5.91 Å². The average Bonchev–Trinajstić information content (AvgIpc) is 2.86. The smallest absolute Gasteiger partial charge is 0.414 e. The van der Waals surface area contributed by atoms with Crippen LogP contribution in [0.5, 0.6) is 0 Å². The van der Waals surface area contributed by atoms with Crippen LogP contribution in [0.2, 0.25) is 0 Å². The van der Waals surface area contributed by atoms with Gasteiger partial charge in [-0.3, -0.25) is 14.1 Å². The third-order valence-corrected chi connectivity index (χ3v) is 4.21. The van der Waals surface area contributed by atoms with Crippen LogP contribution in [-0.4, -0.2) is 51.0 Å². The van der Waals surface area contributed by atoms with Crippen LogP contribution >= 0.6 is 0 Å². The summed E-state index contributed by atoms with van der Waals surface area (Å²) in [7, 11) is 0. The summed E-state index contributed by atoms with van der Waals surface area (Å²) in [6.07, 6.45) is -1.04. The Morgan fingerprint density at radius 2 is 2.12 bits per heavy atom. The number of rotatable bonds is 5. The third-order valence-electron chi connectivity index (χ3n) is 4.21. The highest BCUT2D eigenvalue weighted by Crippen LogP contribution is 2.31. The molecule has 2 amide bonds. The van der Waals surface area contributed by atoms with Gasteiger partial charge in [0.15, 0.2) is 0 Å². The number of anilines is 2. The SMILES string of the molecule is CC(=O)NCC1CN(c2ccc(N3CC(CF)C3)c(F)c2)C(=O)O1. The molecule has 2 saturated heterocycles. The van der Waals surface area contributed by atoms with Gasteiger partial charge in [-0.25, -0.2) is 9.18 Å². The maximum atomic E-state index is 14.3. The minimum atomic E-state index is -0.570. The predicted octanol–water partition coefficient (Wildman–Crippen LogP) is 1.69. The first-order valence-electron chi connectivity index (χ1n) is 7.81. The Bertz CT molecular complexity index is 649. The minimum Gasteiger partial charge on any atom is -0.442 e. The van der Waals surface area contributed by atoms with E-state index in [2.05, 4.69) is 5.32 Å². The number of hydrogen-bond donors (Lipinski definition) is 1. The first-order valence-corrected chi connectivity index (χ1v) is 7.81. The predicted molar refractivity (Wildman–Crippen MR) is 84.4 cm³/mol. The van der Waals surface area contributed by atoms with Crippen LogP contribution in [0.4, 0.5) is 25.0 Å². The van der Waals surface area contributed by atoms with E-state index in [9.17, 15) is 18.4 Å². The van der Waals surface area contributed by atoms with E-state index >= 15 is 0 Å². The molecule has 3 rings (SSSR count). The van der Waals surface area contributed by atoms with Gasteiger partial charge in [-0.2, -0.15) is 0 Å². The number of cyclic esters (lactones) is 1. The van der Waals surface area contributed by atoms with Crippen LogP contribution in [0.25, 0.3) is 0 Å². The molecule has 8 heteroatoms. The molecule has 1 atom stereocenters. The van der Waals surface area contributed by atoms with Crippen molar-refractivity contribution in [3.63, 3.8) is 0 Å². The van der Waals surface area contributed by atoms with Crippen LogP contribution < -0.4 is 15.1 Å². The van der Waals surface area contributed by atoms with E-state index in [4.69, 9.17) is 4.74 Å². The van der Waals surface area contributed by atoms with Crippen molar-refractivity contribution in [3.05, 3.63) is 24.0 Å². The summed E-state index contributed by atoms with van der Waals surface area (Å²) in [4.78, 5) is 25.9. The fraction of sp³-hybridized carbons (Fsp3) is 0.500. The highest BCUT2D eigenvalue weighted by Gasteiger charge is 2.33. The van der Waals surface area contributed by atoms with Crippen molar-refractivity contribution < 1.29 is 23.1 Å². The largest absolute Gasteiger partial charge is 0.442 e. The van der Waals surface area contributed by atoms with Gasteiger partial charge in [0.05, 0.1) is 31.1 Å². The van der Waals surface area contributed by atoms with Gasteiger partial charge in [0.25, 0.3) is 0 Å². The van der Waals surface area contributed by atoms with E-state index in [-0.39, 0.29) is 24.9 Å². The first kappa shape index (κ1) is 16.5. The minimum absolute atomic E-state index is 0.0350. The molecule has 130 valence electrons. The van der Waals surface area contributed by atoms with Crippen molar-refractivity contribution in [1.29, 1.82) is 0 Å². The summed E-state index contributed by atoms with van der Waals surface area (Å²) in [5, 5.41) is 2.59. The summed E-state index contributed by atoms with van der Waals surface area (Å²) >= 11 is 0. The molecule has 0 aromatic heterocycles. The highest BCUT2D eigenvalue weighted by atomic mass is 19.1. The normalized spacial score (nSPS) is 20.8. The summed E-state index contributed by atoms with van der Waals surface area (Å²) in [6, 6.07) is 4.51. The van der Waals surface area contributed by atoms with Gasteiger partial charge in [-0.05, 0) is 18.2 Å². The number of carbonyl (C=O) groups is 2. The number of carbonyl (C=O) groups excluding carboxylic acids is 2. The van der Waals surface area contributed by atoms with Gasteiger partial charge in [0.1, 0.15) is 11.9 Å². The van der Waals surface area contributed by atoms with Crippen LogP contribution in [0.1, 0.15) is 6.92 Å². The van der Waals surface area contributed by atoms with Crippen LogP contribution in [-0.2, 0) is 9.53 Å². The zero-order valence-corrected chi connectivity index (χ0v) is 13.3. The number of ether oxygens (including phenoxy) is 1. The second kappa shape index (κ2) is 6.62. The monoisotopic (exact) mass is 339 g/mol. The Labute approximate surface area is 138 Å². The maximum Gasteiger partial charge on any atom is 0.414 e. The Morgan fingerprint density at radius 1 is 1.38 bits per heavy atom. The number of nitrogens with one attached hydrogen (secondary N) is 1. The van der Waals surface area contributed by atoms with E-state index in [0.29, 0.717) is 24.5 Å². The van der Waals surface area contributed by atoms with Crippen molar-refractivity contribution in [1.82, 2.24) is 5.32 Å². The van der Waals surface area contributed by atoms with Crippen molar-refractivity contribution in [2.75, 3.05) is 42.7 Å². The molecule has 2 aliphatic rings. The molecule has 1 unspecified atom stereocenters. The molecule has 1 N–H and O–H groups in total. The third kappa shape index (κ3) is 3.27. The van der Waals surface area contributed by atoms with E-state index in [0.717, 1.165) is 0 Å². The zero-order chi connectivity index (χ0) is 17.3. The number of hydrogen-bond acceptors (Lipinski definition) is 4. The van der Waals surface area contributed by atoms with Crippen LogP contribution in [0.3, 0.4) is 0 Å². The average molecular weight is 339 g/mol. The second-order valence-electron chi connectivity index (χ2n) is 6.11. The lowest BCUT2D eigenvalue weighted by molar-refractivity contribution is -0.119. The molecular formula is C16H19F2N3O3. The second-order valence-corrected chi connectivity index (χ2v) is 6.11. The molecule has 0 aliphatic carbocycles. The molecular weight excluding hydrogens is 320 g/mol. The molecule has 2 fully saturated rings. The quantitative estimate of drug-likeness (QED) is 0.887. The van der Waals surface area contributed by atoms with Crippen LogP contribution in [0, 0.1) is 11.7 Å². The summed E-state index contributed by atoms with van der Waals surface area (Å²) in [6.45, 7) is 2.44. The number of alkyl halides is 1. The molecule has 1 aromatic carbocycles. The summed E-state index contributed by atoms with van der Waals surface area (Å²) in [5.41, 5.74) is 0.806. The zero-order valence-electron chi connectivity index (χ0n) is 13.3. The number of halogens is 2. The van der Waals surface area contributed by atoms with Crippen molar-refractivity contribution in [2.24, 2.45) is 5.92 Å². The topological polar surface area (TPSA) is 61.9 Å². The Kier molecular flexibility index (Phi) is 4.55. The number of benzene rings is 1. The molecule has 0 saturated carbocycles. The molecule has 24 heavy (non-hydrogen) atoms. The molecule has 2 aliphatic heterocycles. The number of nitrogens with zero attached hydrogens (tertiary/aromatic N) is 2. The molecule has 2 heterocycles. The Hall–Kier alpha value is -2.38. The number of amides is 2. The molecule has 0 bridgehead atoms. The Balaban J connectivity index is 1.66. The van der Waals surface area contributed by atoms with Crippen molar-refractivity contribution >= 4 is 23.4 Å². The van der Waals surface area contributed by atoms with Gasteiger partial charge in [-0.15, -0.1) is 0 Å². The lowest BCUT2D eigenvalue weighted by Crippen LogP contribution is -2.48. The van der Waals surface area contributed by atoms with Gasteiger partial charge in [0, 0.05) is 25.9 Å². The molecule has 0 spiro atoms. The maximum absolute atomic E-state index is 14.3. The highest BCUT2D eigenvalue weighted by molar-refractivity contribution is 5.90. The standard InChI is InChI=1S/C16H19F2N3O3/c1-10(22)19-6-13-9-21(16(23)24-13)12-2-3-15(14(18)4-12)20-7-11(5-17)8-20/h2-4,11,13H,5-9H2,1H3,(H,19,22). The lowest BCUT2D eigenvalue weighted by atomic mass is 10.0. The lowest BCUT2D eigenvalue weighted by Gasteiger charge is -2.39. The molecule has 0 radical (unpaired) electrons. The fourth-order valence-corrected chi connectivity index (χ4v) is 2.88. The fourth-order valence-electron chi connectivity index (χ4n) is 2.88. The van der Waals surface area contributed by atoms with Crippen LogP contribution in [0.15, 0.2) is 18.2 Å². The van der Waals surface area contributed by atoms with Gasteiger partial charge in [-0.1, -0.05) is 0 Å². The van der Waals surface area contributed by atoms with Gasteiger partial charge < -0.3 is 15.0 Å².